The van der Waals surface area contributed by atoms with Crippen molar-refractivity contribution < 1.29 is 4.79 Å². The quantitative estimate of drug-likeness (QED) is 0.420. The van der Waals surface area contributed by atoms with Crippen LogP contribution in [0.1, 0.15) is 11.1 Å². The van der Waals surface area contributed by atoms with Gasteiger partial charge >= 0.3 is 6.03 Å². The van der Waals surface area contributed by atoms with Crippen molar-refractivity contribution in [2.24, 2.45) is 0 Å². The van der Waals surface area contributed by atoms with Gasteiger partial charge < -0.3 is 10.6 Å². The van der Waals surface area contributed by atoms with E-state index in [9.17, 15) is 4.79 Å². The summed E-state index contributed by atoms with van der Waals surface area (Å²) in [4.78, 5) is 16.8. The van der Waals surface area contributed by atoms with Crippen molar-refractivity contribution in [2.45, 2.75) is 13.5 Å². The lowest BCUT2D eigenvalue weighted by atomic mass is 10.2. The van der Waals surface area contributed by atoms with E-state index in [0.29, 0.717) is 11.6 Å². The Kier molecular flexibility index (Phi) is 5.28. The normalized spacial score (nSPS) is 10.8. The van der Waals surface area contributed by atoms with Crippen LogP contribution in [-0.2, 0) is 6.54 Å². The SMILES string of the molecule is Cc1ccc2nc(-c3ccc(NC(=O)NCc4ccccc4Cl)cc3)sc2c1. The Hall–Kier alpha value is -2.89. The maximum Gasteiger partial charge on any atom is 0.319 e. The molecule has 2 amide bonds. The Morgan fingerprint density at radius 2 is 1.86 bits per heavy atom. The number of nitrogens with one attached hydrogen (secondary N) is 2. The van der Waals surface area contributed by atoms with Crippen molar-refractivity contribution in [3.8, 4) is 10.6 Å². The second-order valence-corrected chi connectivity index (χ2v) is 7.90. The third-order valence-electron chi connectivity index (χ3n) is 4.33. The zero-order valence-electron chi connectivity index (χ0n) is 15.2. The topological polar surface area (TPSA) is 54.0 Å². The van der Waals surface area contributed by atoms with Crippen LogP contribution in [0, 0.1) is 6.92 Å². The average molecular weight is 408 g/mol. The van der Waals surface area contributed by atoms with E-state index in [1.807, 2.05) is 48.5 Å². The minimum Gasteiger partial charge on any atom is -0.334 e. The number of anilines is 1. The van der Waals surface area contributed by atoms with Crippen LogP contribution in [-0.4, -0.2) is 11.0 Å². The molecule has 0 saturated carbocycles. The zero-order valence-corrected chi connectivity index (χ0v) is 16.8. The van der Waals surface area contributed by atoms with Gasteiger partial charge in [0.1, 0.15) is 5.01 Å². The summed E-state index contributed by atoms with van der Waals surface area (Å²) in [5.74, 6) is 0. The number of carbonyl (C=O) groups is 1. The van der Waals surface area contributed by atoms with E-state index < -0.39 is 0 Å². The number of aromatic nitrogens is 1. The number of amides is 2. The number of thiazole rings is 1. The number of fused-ring (bicyclic) bond motifs is 1. The Morgan fingerprint density at radius 3 is 2.64 bits per heavy atom. The number of rotatable bonds is 4. The molecule has 140 valence electrons. The van der Waals surface area contributed by atoms with Gasteiger partial charge in [0.2, 0.25) is 0 Å². The van der Waals surface area contributed by atoms with Gasteiger partial charge in [-0.1, -0.05) is 35.9 Å². The van der Waals surface area contributed by atoms with Crippen LogP contribution in [0.2, 0.25) is 5.02 Å². The molecule has 1 heterocycles. The monoisotopic (exact) mass is 407 g/mol. The minimum absolute atomic E-state index is 0.275. The maximum atomic E-state index is 12.1. The van der Waals surface area contributed by atoms with E-state index in [0.717, 1.165) is 27.3 Å². The van der Waals surface area contributed by atoms with Gasteiger partial charge in [0, 0.05) is 22.8 Å². The molecule has 0 aliphatic rings. The van der Waals surface area contributed by atoms with Crippen molar-refractivity contribution in [1.82, 2.24) is 10.3 Å². The van der Waals surface area contributed by atoms with Crippen molar-refractivity contribution >= 4 is 44.9 Å². The van der Waals surface area contributed by atoms with E-state index in [4.69, 9.17) is 16.6 Å². The van der Waals surface area contributed by atoms with Gasteiger partial charge in [-0.3, -0.25) is 0 Å². The fourth-order valence-electron chi connectivity index (χ4n) is 2.84. The summed E-state index contributed by atoms with van der Waals surface area (Å²) < 4.78 is 1.18. The molecule has 28 heavy (non-hydrogen) atoms. The van der Waals surface area contributed by atoms with Gasteiger partial charge in [0.05, 0.1) is 10.2 Å². The molecular weight excluding hydrogens is 390 g/mol. The van der Waals surface area contributed by atoms with Gasteiger partial charge in [0.15, 0.2) is 0 Å². The predicted molar refractivity (Wildman–Crippen MR) is 117 cm³/mol. The number of nitrogens with zero attached hydrogens (tertiary/aromatic N) is 1. The summed E-state index contributed by atoms with van der Waals surface area (Å²) in [6.07, 6.45) is 0. The van der Waals surface area contributed by atoms with Crippen molar-refractivity contribution in [2.75, 3.05) is 5.32 Å². The molecule has 1 aromatic heterocycles. The van der Waals surface area contributed by atoms with Gasteiger partial charge in [-0.05, 0) is 60.5 Å². The average Bonchev–Trinajstić information content (AvgIpc) is 3.11. The van der Waals surface area contributed by atoms with Crippen LogP contribution in [0.4, 0.5) is 10.5 Å². The fraction of sp³-hybridized carbons (Fsp3) is 0.0909. The second kappa shape index (κ2) is 8.00. The molecule has 0 saturated heterocycles. The third-order valence-corrected chi connectivity index (χ3v) is 5.77. The molecule has 0 radical (unpaired) electrons. The molecule has 2 N–H and O–H groups in total. The number of hydrogen-bond donors (Lipinski definition) is 2. The largest absolute Gasteiger partial charge is 0.334 e. The van der Waals surface area contributed by atoms with Crippen LogP contribution in [0.25, 0.3) is 20.8 Å². The minimum atomic E-state index is -0.275. The highest BCUT2D eigenvalue weighted by Crippen LogP contribution is 2.31. The molecule has 4 nitrogen and oxygen atoms in total. The van der Waals surface area contributed by atoms with E-state index in [2.05, 4.69) is 29.7 Å². The lowest BCUT2D eigenvalue weighted by molar-refractivity contribution is 0.251. The third kappa shape index (κ3) is 4.16. The summed E-state index contributed by atoms with van der Waals surface area (Å²) in [7, 11) is 0. The standard InChI is InChI=1S/C22H18ClN3OS/c1-14-6-11-19-20(12-14)28-21(26-19)15-7-9-17(10-8-15)25-22(27)24-13-16-4-2-3-5-18(16)23/h2-12H,13H2,1H3,(H2,24,25,27). The predicted octanol–water partition coefficient (Wildman–Crippen LogP) is 6.25. The summed E-state index contributed by atoms with van der Waals surface area (Å²) in [6, 6.07) is 21.1. The number of carbonyl (C=O) groups excluding carboxylic acids is 1. The highest BCUT2D eigenvalue weighted by molar-refractivity contribution is 7.21. The van der Waals surface area contributed by atoms with Gasteiger partial charge in [0.25, 0.3) is 0 Å². The first-order valence-electron chi connectivity index (χ1n) is 8.84. The highest BCUT2D eigenvalue weighted by Gasteiger charge is 2.08. The van der Waals surface area contributed by atoms with Crippen LogP contribution in [0.5, 0.6) is 0 Å². The van der Waals surface area contributed by atoms with Crippen LogP contribution < -0.4 is 10.6 Å². The molecule has 0 aliphatic carbocycles. The fourth-order valence-corrected chi connectivity index (χ4v) is 4.12. The number of aryl methyl sites for hydroxylation is 1. The maximum absolute atomic E-state index is 12.1. The van der Waals surface area contributed by atoms with Crippen LogP contribution >= 0.6 is 22.9 Å². The summed E-state index contributed by atoms with van der Waals surface area (Å²) in [5.41, 5.74) is 4.86. The van der Waals surface area contributed by atoms with E-state index in [1.165, 1.54) is 10.3 Å². The van der Waals surface area contributed by atoms with Gasteiger partial charge in [-0.15, -0.1) is 11.3 Å². The van der Waals surface area contributed by atoms with Gasteiger partial charge in [-0.2, -0.15) is 0 Å². The van der Waals surface area contributed by atoms with Crippen molar-refractivity contribution in [3.63, 3.8) is 0 Å². The Labute approximate surface area is 172 Å². The molecule has 0 unspecified atom stereocenters. The number of halogens is 1. The number of benzene rings is 3. The van der Waals surface area contributed by atoms with Gasteiger partial charge in [-0.25, -0.2) is 9.78 Å². The number of hydrogen-bond acceptors (Lipinski definition) is 3. The molecule has 6 heteroatoms. The second-order valence-electron chi connectivity index (χ2n) is 6.47. The molecule has 0 bridgehead atoms. The molecule has 0 atom stereocenters. The van der Waals surface area contributed by atoms with E-state index in [1.54, 1.807) is 17.4 Å². The first kappa shape index (κ1) is 18.5. The first-order chi connectivity index (χ1) is 13.6. The molecule has 0 fully saturated rings. The van der Waals surface area contributed by atoms with E-state index >= 15 is 0 Å². The molecule has 3 aromatic carbocycles. The Morgan fingerprint density at radius 1 is 1.07 bits per heavy atom. The summed E-state index contributed by atoms with van der Waals surface area (Å²) in [5, 5.41) is 7.25. The molecule has 0 aliphatic heterocycles. The highest BCUT2D eigenvalue weighted by atomic mass is 35.5. The van der Waals surface area contributed by atoms with Crippen LogP contribution in [0.15, 0.2) is 66.7 Å². The smallest absolute Gasteiger partial charge is 0.319 e. The molecule has 0 spiro atoms. The first-order valence-corrected chi connectivity index (χ1v) is 10.0. The molecule has 4 rings (SSSR count). The molecular formula is C22H18ClN3OS. The van der Waals surface area contributed by atoms with Crippen molar-refractivity contribution in [1.29, 1.82) is 0 Å². The van der Waals surface area contributed by atoms with Crippen molar-refractivity contribution in [3.05, 3.63) is 82.9 Å². The van der Waals surface area contributed by atoms with Crippen LogP contribution in [0.3, 0.4) is 0 Å². The zero-order chi connectivity index (χ0) is 19.5. The Balaban J connectivity index is 1.41. The lowest BCUT2D eigenvalue weighted by Gasteiger charge is -2.09. The summed E-state index contributed by atoms with van der Waals surface area (Å²) >= 11 is 7.77. The lowest BCUT2D eigenvalue weighted by Crippen LogP contribution is -2.28. The Bertz CT molecular complexity index is 1140. The number of urea groups is 1. The summed E-state index contributed by atoms with van der Waals surface area (Å²) in [6.45, 7) is 2.45. The molecule has 4 aromatic rings. The van der Waals surface area contributed by atoms with E-state index in [-0.39, 0.29) is 6.03 Å².